The number of aromatic nitrogens is 3. The zero-order valence-electron chi connectivity index (χ0n) is 16.2. The minimum absolute atomic E-state index is 0.0436. The quantitative estimate of drug-likeness (QED) is 0.637. The van der Waals surface area contributed by atoms with E-state index in [0.717, 1.165) is 24.0 Å². The molecular weight excluding hydrogens is 378 g/mol. The van der Waals surface area contributed by atoms with E-state index in [9.17, 15) is 13.6 Å². The summed E-state index contributed by atoms with van der Waals surface area (Å²) in [5, 5.41) is 8.04. The predicted octanol–water partition coefficient (Wildman–Crippen LogP) is 4.42. The third-order valence-corrected chi connectivity index (χ3v) is 4.77. The number of alkyl halides is 2. The Morgan fingerprint density at radius 2 is 2.10 bits per heavy atom. The molecule has 0 saturated heterocycles. The lowest BCUT2D eigenvalue weighted by Crippen LogP contribution is -2.28. The molecule has 0 unspecified atom stereocenters. The summed E-state index contributed by atoms with van der Waals surface area (Å²) < 4.78 is 32.1. The fourth-order valence-corrected chi connectivity index (χ4v) is 3.18. The molecule has 3 aromatic rings. The first-order valence-corrected chi connectivity index (χ1v) is 9.63. The Labute approximate surface area is 166 Å². The monoisotopic (exact) mass is 400 g/mol. The van der Waals surface area contributed by atoms with Gasteiger partial charge in [-0.05, 0) is 54.2 Å². The second-order valence-corrected chi connectivity index (χ2v) is 7.63. The Balaban J connectivity index is 1.74. The summed E-state index contributed by atoms with van der Waals surface area (Å²) in [6.07, 6.45) is 5.47. The molecule has 1 aromatic carbocycles. The Morgan fingerprint density at radius 3 is 2.79 bits per heavy atom. The average molecular weight is 400 g/mol. The van der Waals surface area contributed by atoms with Gasteiger partial charge in [-0.15, -0.1) is 0 Å². The number of pyridine rings is 1. The second-order valence-electron chi connectivity index (χ2n) is 7.63. The number of halogens is 2. The highest BCUT2D eigenvalue weighted by atomic mass is 19.3. The molecule has 0 spiro atoms. The molecule has 1 amide bonds. The lowest BCUT2D eigenvalue weighted by Gasteiger charge is -2.10. The molecule has 1 aliphatic carbocycles. The van der Waals surface area contributed by atoms with Crippen LogP contribution in [0.5, 0.6) is 5.75 Å². The van der Waals surface area contributed by atoms with Crippen LogP contribution in [0.4, 0.5) is 8.78 Å². The maximum Gasteiger partial charge on any atom is 0.387 e. The summed E-state index contributed by atoms with van der Waals surface area (Å²) in [6, 6.07) is 6.99. The maximum absolute atomic E-state index is 12.8. The van der Waals surface area contributed by atoms with Gasteiger partial charge >= 0.3 is 6.61 Å². The average Bonchev–Trinajstić information content (AvgIpc) is 3.44. The zero-order valence-corrected chi connectivity index (χ0v) is 16.2. The van der Waals surface area contributed by atoms with E-state index in [2.05, 4.69) is 20.1 Å². The van der Waals surface area contributed by atoms with Gasteiger partial charge in [0.1, 0.15) is 11.2 Å². The third-order valence-electron chi connectivity index (χ3n) is 4.77. The highest BCUT2D eigenvalue weighted by Crippen LogP contribution is 2.39. The Morgan fingerprint density at radius 1 is 1.31 bits per heavy atom. The van der Waals surface area contributed by atoms with Crippen LogP contribution in [-0.4, -0.2) is 33.8 Å². The standard InChI is InChI=1S/C21H22F2N4O2/c1-12(2)10-25-20(28)17-9-13(7-8-24-17)15-5-6-18(29-21(22)23)19-16(15)11-27(26-19)14-3-4-14/h5-9,11-12,14,21H,3-4,10H2,1-2H3,(H,25,28). The summed E-state index contributed by atoms with van der Waals surface area (Å²) in [5.74, 6) is 0.127. The van der Waals surface area contributed by atoms with Gasteiger partial charge in [-0.1, -0.05) is 13.8 Å². The van der Waals surface area contributed by atoms with E-state index in [-0.39, 0.29) is 11.7 Å². The number of carbonyl (C=O) groups excluding carboxylic acids is 1. The van der Waals surface area contributed by atoms with Gasteiger partial charge < -0.3 is 10.1 Å². The van der Waals surface area contributed by atoms with Gasteiger partial charge in [-0.2, -0.15) is 13.9 Å². The number of nitrogens with one attached hydrogen (secondary N) is 1. The van der Waals surface area contributed by atoms with Crippen LogP contribution in [-0.2, 0) is 0 Å². The van der Waals surface area contributed by atoms with Gasteiger partial charge in [0.15, 0.2) is 5.75 Å². The van der Waals surface area contributed by atoms with Crippen molar-refractivity contribution >= 4 is 16.8 Å². The first-order chi connectivity index (χ1) is 13.9. The minimum Gasteiger partial charge on any atom is -0.432 e. The number of carbonyl (C=O) groups is 1. The molecular formula is C21H22F2N4O2. The molecule has 8 heteroatoms. The van der Waals surface area contributed by atoms with E-state index in [4.69, 9.17) is 0 Å². The summed E-state index contributed by atoms with van der Waals surface area (Å²) in [5.41, 5.74) is 2.24. The van der Waals surface area contributed by atoms with Gasteiger partial charge in [-0.25, -0.2) is 0 Å². The number of fused-ring (bicyclic) bond motifs is 1. The molecule has 4 rings (SSSR count). The lowest BCUT2D eigenvalue weighted by atomic mass is 10.0. The number of nitrogens with zero attached hydrogens (tertiary/aromatic N) is 3. The Hall–Kier alpha value is -3.03. The van der Waals surface area contributed by atoms with E-state index < -0.39 is 6.61 Å². The van der Waals surface area contributed by atoms with Crippen molar-refractivity contribution in [2.24, 2.45) is 5.92 Å². The predicted molar refractivity (Wildman–Crippen MR) is 105 cm³/mol. The minimum atomic E-state index is -2.92. The van der Waals surface area contributed by atoms with E-state index in [1.165, 1.54) is 6.07 Å². The smallest absolute Gasteiger partial charge is 0.387 e. The van der Waals surface area contributed by atoms with Crippen LogP contribution < -0.4 is 10.1 Å². The number of rotatable bonds is 7. The van der Waals surface area contributed by atoms with Crippen LogP contribution >= 0.6 is 0 Å². The maximum atomic E-state index is 12.8. The number of amides is 1. The van der Waals surface area contributed by atoms with Crippen LogP contribution in [0.2, 0.25) is 0 Å². The first-order valence-electron chi connectivity index (χ1n) is 9.63. The third kappa shape index (κ3) is 4.21. The van der Waals surface area contributed by atoms with Crippen LogP contribution in [0.15, 0.2) is 36.7 Å². The van der Waals surface area contributed by atoms with Gasteiger partial charge in [0.25, 0.3) is 5.91 Å². The molecule has 0 radical (unpaired) electrons. The van der Waals surface area contributed by atoms with Crippen molar-refractivity contribution in [1.29, 1.82) is 0 Å². The zero-order chi connectivity index (χ0) is 20.5. The summed E-state index contributed by atoms with van der Waals surface area (Å²) in [7, 11) is 0. The number of hydrogen-bond acceptors (Lipinski definition) is 4. The van der Waals surface area contributed by atoms with E-state index in [1.54, 1.807) is 24.4 Å². The lowest BCUT2D eigenvalue weighted by molar-refractivity contribution is -0.0489. The molecule has 1 saturated carbocycles. The molecule has 0 aliphatic heterocycles. The molecule has 0 bridgehead atoms. The fourth-order valence-electron chi connectivity index (χ4n) is 3.18. The SMILES string of the molecule is CC(C)CNC(=O)c1cc(-c2ccc(OC(F)F)c3nn(C4CC4)cc23)ccn1. The van der Waals surface area contributed by atoms with Crippen LogP contribution in [0.25, 0.3) is 22.0 Å². The van der Waals surface area contributed by atoms with E-state index in [1.807, 2.05) is 24.7 Å². The first kappa shape index (κ1) is 19.3. The largest absolute Gasteiger partial charge is 0.432 e. The molecule has 1 aliphatic rings. The molecule has 152 valence electrons. The molecule has 0 atom stereocenters. The molecule has 2 aromatic heterocycles. The summed E-state index contributed by atoms with van der Waals surface area (Å²) >= 11 is 0. The van der Waals surface area contributed by atoms with Crippen molar-refractivity contribution in [1.82, 2.24) is 20.1 Å². The topological polar surface area (TPSA) is 69.0 Å². The Kier molecular flexibility index (Phi) is 5.17. The van der Waals surface area contributed by atoms with Crippen molar-refractivity contribution in [3.63, 3.8) is 0 Å². The van der Waals surface area contributed by atoms with Crippen molar-refractivity contribution in [3.8, 4) is 16.9 Å². The number of ether oxygens (including phenoxy) is 1. The molecule has 1 fully saturated rings. The molecule has 1 N–H and O–H groups in total. The van der Waals surface area contributed by atoms with Crippen LogP contribution in [0.3, 0.4) is 0 Å². The number of benzene rings is 1. The molecule has 29 heavy (non-hydrogen) atoms. The highest BCUT2D eigenvalue weighted by Gasteiger charge is 2.26. The van der Waals surface area contributed by atoms with Gasteiger partial charge in [-0.3, -0.25) is 14.5 Å². The molecule has 2 heterocycles. The van der Waals surface area contributed by atoms with Gasteiger partial charge in [0, 0.05) is 24.3 Å². The van der Waals surface area contributed by atoms with E-state index >= 15 is 0 Å². The van der Waals surface area contributed by atoms with Crippen molar-refractivity contribution in [2.75, 3.05) is 6.54 Å². The Bertz CT molecular complexity index is 1040. The van der Waals surface area contributed by atoms with E-state index in [0.29, 0.717) is 35.1 Å². The van der Waals surface area contributed by atoms with Crippen LogP contribution in [0.1, 0.15) is 43.2 Å². The van der Waals surface area contributed by atoms with Crippen molar-refractivity contribution < 1.29 is 18.3 Å². The van der Waals surface area contributed by atoms with Gasteiger partial charge in [0.2, 0.25) is 0 Å². The van der Waals surface area contributed by atoms with Crippen LogP contribution in [0, 0.1) is 5.92 Å². The summed E-state index contributed by atoms with van der Waals surface area (Å²) in [6.45, 7) is 1.67. The highest BCUT2D eigenvalue weighted by molar-refractivity contribution is 5.99. The molecule has 6 nitrogen and oxygen atoms in total. The summed E-state index contributed by atoms with van der Waals surface area (Å²) in [4.78, 5) is 16.5. The van der Waals surface area contributed by atoms with Gasteiger partial charge in [0.05, 0.1) is 6.04 Å². The van der Waals surface area contributed by atoms with Crippen molar-refractivity contribution in [3.05, 3.63) is 42.4 Å². The normalized spacial score (nSPS) is 14.0. The number of hydrogen-bond donors (Lipinski definition) is 1. The fraction of sp³-hybridized carbons (Fsp3) is 0.381. The van der Waals surface area contributed by atoms with Crippen molar-refractivity contribution in [2.45, 2.75) is 39.3 Å². The second kappa shape index (κ2) is 7.77.